The molecular formula is C40H32BrN2O3PS. The molecule has 0 atom stereocenters. The van der Waals surface area contributed by atoms with E-state index in [4.69, 9.17) is 0 Å². The third kappa shape index (κ3) is 7.04. The normalized spacial score (nSPS) is 11.9. The number of nitrogens with zero attached hydrogens (tertiary/aromatic N) is 1. The number of halogens is 1. The van der Waals surface area contributed by atoms with Gasteiger partial charge in [-0.2, -0.15) is 18.4 Å². The Labute approximate surface area is 290 Å². The largest absolute Gasteiger partial charge is 0.289 e. The van der Waals surface area contributed by atoms with Gasteiger partial charge in [0.1, 0.15) is 0 Å². The van der Waals surface area contributed by atoms with Gasteiger partial charge in [0.2, 0.25) is 0 Å². The molecule has 0 spiro atoms. The van der Waals surface area contributed by atoms with E-state index in [0.29, 0.717) is 22.1 Å². The molecule has 1 N–H and O–H groups in total. The first kappa shape index (κ1) is 33.1. The second kappa shape index (κ2) is 15.0. The number of rotatable bonds is 11. The van der Waals surface area contributed by atoms with E-state index in [1.54, 1.807) is 18.2 Å². The van der Waals surface area contributed by atoms with Crippen LogP contribution in [-0.2, 0) is 10.0 Å². The van der Waals surface area contributed by atoms with Crippen molar-refractivity contribution in [3.8, 4) is 0 Å². The molecule has 0 radical (unpaired) electrons. The van der Waals surface area contributed by atoms with Gasteiger partial charge < -0.3 is 0 Å². The minimum atomic E-state index is -4.00. The van der Waals surface area contributed by atoms with E-state index >= 15 is 4.79 Å². The summed E-state index contributed by atoms with van der Waals surface area (Å²) in [6.45, 7) is -2.89. The summed E-state index contributed by atoms with van der Waals surface area (Å²) in [5, 5.41) is 8.22. The zero-order chi connectivity index (χ0) is 33.4. The van der Waals surface area contributed by atoms with Crippen molar-refractivity contribution < 1.29 is 13.2 Å². The highest BCUT2D eigenvalue weighted by Crippen LogP contribution is 2.48. The van der Waals surface area contributed by atoms with Gasteiger partial charge in [-0.1, -0.05) is 168 Å². The van der Waals surface area contributed by atoms with Gasteiger partial charge in [-0.15, -0.1) is 0 Å². The quantitative estimate of drug-likeness (QED) is 0.0647. The molecule has 0 aliphatic heterocycles. The van der Waals surface area contributed by atoms with E-state index in [2.05, 4.69) is 62.3 Å². The van der Waals surface area contributed by atoms with Crippen LogP contribution >= 0.6 is 22.8 Å². The molecule has 238 valence electrons. The number of hydrogen-bond acceptors (Lipinski definition) is 4. The lowest BCUT2D eigenvalue weighted by Gasteiger charge is -2.33. The zero-order valence-corrected chi connectivity index (χ0v) is 29.2. The van der Waals surface area contributed by atoms with Crippen molar-refractivity contribution in [1.82, 2.24) is 4.83 Å². The highest BCUT2D eigenvalue weighted by Gasteiger charge is 2.34. The number of ketones is 1. The van der Waals surface area contributed by atoms with E-state index in [1.807, 2.05) is 109 Å². The number of sulfonamides is 1. The lowest BCUT2D eigenvalue weighted by Crippen LogP contribution is -2.35. The van der Waals surface area contributed by atoms with Gasteiger partial charge in [0.25, 0.3) is 10.0 Å². The number of benzene rings is 6. The van der Waals surface area contributed by atoms with Crippen molar-refractivity contribution in [2.24, 2.45) is 5.10 Å². The summed E-state index contributed by atoms with van der Waals surface area (Å²) in [5.74, 6) is -0.128. The van der Waals surface area contributed by atoms with Crippen molar-refractivity contribution in [3.63, 3.8) is 0 Å². The number of nitrogens with one attached hydrogen (secondary N) is 1. The van der Waals surface area contributed by atoms with Gasteiger partial charge in [0, 0.05) is 21.8 Å². The van der Waals surface area contributed by atoms with Crippen molar-refractivity contribution in [2.45, 2.75) is 11.3 Å². The van der Waals surface area contributed by atoms with Crippen LogP contribution in [0.1, 0.15) is 22.3 Å². The first-order valence-electron chi connectivity index (χ1n) is 15.3. The van der Waals surface area contributed by atoms with E-state index in [1.165, 1.54) is 12.1 Å². The molecule has 8 heteroatoms. The average Bonchev–Trinajstić information content (AvgIpc) is 3.15. The fraction of sp³-hybridized carbons (Fsp3) is 0.0250. The summed E-state index contributed by atoms with van der Waals surface area (Å²) in [5.41, 5.74) is 1.63. The van der Waals surface area contributed by atoms with Crippen molar-refractivity contribution >= 4 is 65.5 Å². The van der Waals surface area contributed by atoms with Gasteiger partial charge in [-0.25, -0.2) is 0 Å². The molecule has 5 nitrogen and oxygen atoms in total. The fourth-order valence-corrected chi connectivity index (χ4v) is 11.4. The number of carbonyl (C=O) groups excluding carboxylic acids is 1. The van der Waals surface area contributed by atoms with Crippen molar-refractivity contribution in [2.75, 3.05) is 0 Å². The van der Waals surface area contributed by atoms with Gasteiger partial charge in [-0.3, -0.25) is 4.79 Å². The van der Waals surface area contributed by atoms with Crippen LogP contribution < -0.4 is 20.7 Å². The second-order valence-corrected chi connectivity index (χ2v) is 17.0. The Hall–Kier alpha value is -4.81. The summed E-state index contributed by atoms with van der Waals surface area (Å²) in [4.78, 5) is 17.7. The maximum Gasteiger partial charge on any atom is 0.276 e. The maximum atomic E-state index is 15.1. The number of Topliss-reactive ketones (excluding diaryl/α,β-unsaturated/α-hetero) is 1. The molecule has 0 aliphatic carbocycles. The Morgan fingerprint density at radius 3 is 1.44 bits per heavy atom. The standard InChI is InChI=1S/C40H32BrN2O3PS/c41-33-28-26-31(27-29-33)38(42-43-48(45,46)37-24-14-5-15-25-37)30-39(40(44)32-16-6-1-7-17-32)47(34-18-8-2-9-19-34,35-20-10-3-11-21-35)36-22-12-4-13-23-36/h1-29,43H,30H2/b42-38-. The molecule has 0 saturated carbocycles. The summed E-state index contributed by atoms with van der Waals surface area (Å²) >= 11 is 3.52. The summed E-state index contributed by atoms with van der Waals surface area (Å²) in [6, 6.07) is 55.3. The lowest BCUT2D eigenvalue weighted by atomic mass is 10.0. The zero-order valence-electron chi connectivity index (χ0n) is 25.9. The highest BCUT2D eigenvalue weighted by molar-refractivity contribution is 9.10. The van der Waals surface area contributed by atoms with E-state index in [0.717, 1.165) is 20.4 Å². The van der Waals surface area contributed by atoms with Gasteiger partial charge in [-0.05, 0) is 52.6 Å². The van der Waals surface area contributed by atoms with Crippen LogP contribution in [0.5, 0.6) is 0 Å². The molecular weight excluding hydrogens is 699 g/mol. The third-order valence-corrected chi connectivity index (χ3v) is 14.1. The Balaban J connectivity index is 1.71. The summed E-state index contributed by atoms with van der Waals surface area (Å²) in [7, 11) is -4.00. The Kier molecular flexibility index (Phi) is 10.3. The average molecular weight is 732 g/mol. The Morgan fingerprint density at radius 1 is 0.562 bits per heavy atom. The van der Waals surface area contributed by atoms with Crippen LogP contribution in [0.25, 0.3) is 0 Å². The van der Waals surface area contributed by atoms with Crippen LogP contribution in [0, 0.1) is 0 Å². The maximum absolute atomic E-state index is 15.1. The van der Waals surface area contributed by atoms with Gasteiger partial charge >= 0.3 is 0 Å². The Bertz CT molecular complexity index is 2090. The predicted octanol–water partition coefficient (Wildman–Crippen LogP) is 7.57. The van der Waals surface area contributed by atoms with Gasteiger partial charge in [0.05, 0.1) is 10.6 Å². The molecule has 48 heavy (non-hydrogen) atoms. The molecule has 0 amide bonds. The number of hydrazone groups is 1. The van der Waals surface area contributed by atoms with Crippen LogP contribution in [0.15, 0.2) is 190 Å². The first-order valence-corrected chi connectivity index (χ1v) is 19.4. The monoisotopic (exact) mass is 730 g/mol. The minimum absolute atomic E-state index is 0.0686. The molecule has 0 fully saturated rings. The second-order valence-electron chi connectivity index (χ2n) is 11.0. The fourth-order valence-electron chi connectivity index (χ4n) is 5.75. The molecule has 0 aromatic heterocycles. The molecule has 6 rings (SSSR count). The highest BCUT2D eigenvalue weighted by atomic mass is 79.9. The topological polar surface area (TPSA) is 75.6 Å². The van der Waals surface area contributed by atoms with Crippen molar-refractivity contribution in [1.29, 1.82) is 0 Å². The Morgan fingerprint density at radius 2 is 0.979 bits per heavy atom. The van der Waals surface area contributed by atoms with Crippen LogP contribution in [-0.4, -0.2) is 25.2 Å². The lowest BCUT2D eigenvalue weighted by molar-refractivity contribution is 0.106. The van der Waals surface area contributed by atoms with Crippen LogP contribution in [0.3, 0.4) is 0 Å². The number of hydrogen-bond donors (Lipinski definition) is 1. The molecule has 6 aromatic carbocycles. The SMILES string of the molecule is O=C(C(C/C(=N/NS(=O)(=O)c1ccccc1)c1ccc(Br)cc1)=P(c1ccccc1)(c1ccccc1)c1ccccc1)c1ccccc1. The van der Waals surface area contributed by atoms with Crippen molar-refractivity contribution in [3.05, 3.63) is 192 Å². The molecule has 0 bridgehead atoms. The van der Waals surface area contributed by atoms with E-state index < -0.39 is 16.9 Å². The smallest absolute Gasteiger partial charge is 0.276 e. The van der Waals surface area contributed by atoms with Gasteiger partial charge in [0.15, 0.2) is 5.78 Å². The number of carbonyl (C=O) groups is 1. The molecule has 0 heterocycles. The van der Waals surface area contributed by atoms with Crippen LogP contribution in [0.2, 0.25) is 0 Å². The van der Waals surface area contributed by atoms with E-state index in [9.17, 15) is 8.42 Å². The molecule has 6 aromatic rings. The van der Waals surface area contributed by atoms with E-state index in [-0.39, 0.29) is 17.1 Å². The minimum Gasteiger partial charge on any atom is -0.289 e. The molecule has 0 unspecified atom stereocenters. The summed E-state index contributed by atoms with van der Waals surface area (Å²) < 4.78 is 27.7. The van der Waals surface area contributed by atoms with Crippen LogP contribution in [0.4, 0.5) is 0 Å². The molecule has 0 saturated heterocycles. The third-order valence-electron chi connectivity index (χ3n) is 8.00. The summed E-state index contributed by atoms with van der Waals surface area (Å²) in [6.07, 6.45) is 0.0686. The molecule has 0 aliphatic rings. The predicted molar refractivity (Wildman–Crippen MR) is 203 cm³/mol. The first-order chi connectivity index (χ1) is 23.4.